The molecule has 37 heavy (non-hydrogen) atoms. The number of hydrogen-bond acceptors (Lipinski definition) is 6. The third-order valence-electron chi connectivity index (χ3n) is 6.86. The first kappa shape index (κ1) is 24.1. The summed E-state index contributed by atoms with van der Waals surface area (Å²) in [7, 11) is 0. The Morgan fingerprint density at radius 1 is 1.05 bits per heavy atom. The number of carbonyl (C=O) groups excluding carboxylic acids is 1. The van der Waals surface area contributed by atoms with Crippen molar-refractivity contribution in [3.63, 3.8) is 0 Å². The number of carboxylic acids is 1. The molecule has 0 spiro atoms. The number of nitrogens with zero attached hydrogens (tertiary/aromatic N) is 1. The summed E-state index contributed by atoms with van der Waals surface area (Å²) < 4.78 is 6.47. The Morgan fingerprint density at radius 3 is 2.51 bits per heavy atom. The van der Waals surface area contributed by atoms with E-state index in [0.717, 1.165) is 22.3 Å². The molecule has 0 fully saturated rings. The molecule has 2 heterocycles. The predicted molar refractivity (Wildman–Crippen MR) is 142 cm³/mol. The Kier molecular flexibility index (Phi) is 5.95. The number of aryl methyl sites for hydroxylation is 1. The number of amides is 1. The quantitative estimate of drug-likeness (QED) is 0.346. The number of carboxylic acid groups (broad SMARTS) is 1. The zero-order valence-corrected chi connectivity index (χ0v) is 20.8. The van der Waals surface area contributed by atoms with Gasteiger partial charge in [0.05, 0.1) is 22.6 Å². The van der Waals surface area contributed by atoms with Crippen LogP contribution in [0.25, 0.3) is 11.0 Å². The molecule has 4 aromatic rings. The number of primary amides is 1. The molecule has 1 atom stereocenters. The van der Waals surface area contributed by atoms with Crippen LogP contribution in [0.3, 0.4) is 0 Å². The van der Waals surface area contributed by atoms with E-state index >= 15 is 0 Å². The number of para-hydroxylation sites is 1. The Morgan fingerprint density at radius 2 is 1.78 bits per heavy atom. The highest BCUT2D eigenvalue weighted by molar-refractivity contribution is 5.94. The van der Waals surface area contributed by atoms with Crippen molar-refractivity contribution in [3.8, 4) is 0 Å². The third-order valence-corrected chi connectivity index (χ3v) is 6.86. The van der Waals surface area contributed by atoms with E-state index in [1.165, 1.54) is 0 Å². The van der Waals surface area contributed by atoms with Gasteiger partial charge in [0.15, 0.2) is 5.43 Å². The van der Waals surface area contributed by atoms with Crippen LogP contribution in [0.4, 0.5) is 11.6 Å². The van der Waals surface area contributed by atoms with E-state index in [1.807, 2.05) is 36.9 Å². The second kappa shape index (κ2) is 9.13. The van der Waals surface area contributed by atoms with Gasteiger partial charge in [0.25, 0.3) is 0 Å². The van der Waals surface area contributed by atoms with Crippen molar-refractivity contribution in [2.45, 2.75) is 39.9 Å². The second-order valence-electron chi connectivity index (χ2n) is 9.51. The molecule has 0 saturated carbocycles. The summed E-state index contributed by atoms with van der Waals surface area (Å²) in [4.78, 5) is 38.8. The summed E-state index contributed by atoms with van der Waals surface area (Å²) in [6.45, 7) is 6.59. The fourth-order valence-corrected chi connectivity index (χ4v) is 4.98. The van der Waals surface area contributed by atoms with Crippen LogP contribution in [0.15, 0.2) is 63.8 Å². The van der Waals surface area contributed by atoms with Crippen LogP contribution in [-0.2, 0) is 13.1 Å². The lowest BCUT2D eigenvalue weighted by Crippen LogP contribution is -2.20. The summed E-state index contributed by atoms with van der Waals surface area (Å²) in [5.74, 6) is -1.04. The van der Waals surface area contributed by atoms with Crippen molar-refractivity contribution in [2.24, 2.45) is 5.73 Å². The first-order valence-electron chi connectivity index (χ1n) is 12.0. The molecule has 8 heteroatoms. The minimum atomic E-state index is -1.03. The largest absolute Gasteiger partial charge is 0.478 e. The van der Waals surface area contributed by atoms with Crippen LogP contribution in [0, 0.1) is 13.8 Å². The monoisotopic (exact) mass is 497 g/mol. The number of carbonyl (C=O) groups is 2. The van der Waals surface area contributed by atoms with Gasteiger partial charge in [-0.15, -0.1) is 0 Å². The highest BCUT2D eigenvalue weighted by atomic mass is 16.4. The van der Waals surface area contributed by atoms with Crippen LogP contribution in [0.1, 0.15) is 61.5 Å². The normalized spacial score (nSPS) is 13.4. The van der Waals surface area contributed by atoms with Crippen LogP contribution in [0.2, 0.25) is 0 Å². The zero-order valence-electron chi connectivity index (χ0n) is 20.8. The lowest BCUT2D eigenvalue weighted by molar-refractivity contribution is 0.0697. The number of rotatable bonds is 6. The molecular weight excluding hydrogens is 470 g/mol. The topological polar surface area (TPSA) is 126 Å². The van der Waals surface area contributed by atoms with Gasteiger partial charge in [0.1, 0.15) is 5.58 Å². The molecule has 1 aromatic heterocycles. The predicted octanol–water partition coefficient (Wildman–Crippen LogP) is 4.90. The van der Waals surface area contributed by atoms with Gasteiger partial charge in [-0.2, -0.15) is 0 Å². The Hall–Kier alpha value is -4.59. The highest BCUT2D eigenvalue weighted by Gasteiger charge is 2.26. The molecule has 3 aromatic carbocycles. The molecular formula is C29H27N3O5. The van der Waals surface area contributed by atoms with E-state index in [2.05, 4.69) is 5.32 Å². The van der Waals surface area contributed by atoms with Crippen molar-refractivity contribution in [1.82, 2.24) is 0 Å². The molecule has 8 nitrogen and oxygen atoms in total. The van der Waals surface area contributed by atoms with Gasteiger partial charge in [-0.1, -0.05) is 24.3 Å². The maximum atomic E-state index is 13.5. The van der Waals surface area contributed by atoms with Gasteiger partial charge in [0, 0.05) is 29.9 Å². The van der Waals surface area contributed by atoms with E-state index in [0.29, 0.717) is 46.8 Å². The van der Waals surface area contributed by atoms with Gasteiger partial charge in [-0.05, 0) is 67.8 Å². The minimum Gasteiger partial charge on any atom is -0.478 e. The molecule has 5 rings (SSSR count). The summed E-state index contributed by atoms with van der Waals surface area (Å²) >= 11 is 0. The summed E-state index contributed by atoms with van der Waals surface area (Å²) in [5, 5.41) is 13.3. The van der Waals surface area contributed by atoms with Crippen molar-refractivity contribution in [1.29, 1.82) is 0 Å². The van der Waals surface area contributed by atoms with E-state index < -0.39 is 11.9 Å². The first-order valence-corrected chi connectivity index (χ1v) is 12.0. The number of nitrogens with two attached hydrogens (primary N) is 1. The fraction of sp³-hybridized carbons (Fsp3) is 0.207. The fourth-order valence-electron chi connectivity index (χ4n) is 4.98. The highest BCUT2D eigenvalue weighted by Crippen LogP contribution is 2.35. The molecule has 188 valence electrons. The minimum absolute atomic E-state index is 0.117. The van der Waals surface area contributed by atoms with Crippen molar-refractivity contribution >= 4 is 34.4 Å². The van der Waals surface area contributed by atoms with E-state index in [9.17, 15) is 19.5 Å². The van der Waals surface area contributed by atoms with E-state index in [-0.39, 0.29) is 17.0 Å². The van der Waals surface area contributed by atoms with Gasteiger partial charge in [-0.3, -0.25) is 9.59 Å². The van der Waals surface area contributed by atoms with Crippen molar-refractivity contribution in [2.75, 3.05) is 10.2 Å². The van der Waals surface area contributed by atoms with Crippen LogP contribution >= 0.6 is 0 Å². The maximum Gasteiger partial charge on any atom is 0.337 e. The molecule has 0 radical (unpaired) electrons. The number of nitrogens with one attached hydrogen (secondary N) is 1. The van der Waals surface area contributed by atoms with E-state index in [4.69, 9.17) is 10.2 Å². The Labute approximate surface area is 213 Å². The van der Waals surface area contributed by atoms with E-state index in [1.54, 1.807) is 43.3 Å². The Balaban J connectivity index is 1.58. The second-order valence-corrected chi connectivity index (χ2v) is 9.51. The van der Waals surface area contributed by atoms with Crippen molar-refractivity contribution in [3.05, 3.63) is 104 Å². The average Bonchev–Trinajstić information content (AvgIpc) is 3.29. The Bertz CT molecular complexity index is 1640. The molecule has 1 aliphatic heterocycles. The lowest BCUT2D eigenvalue weighted by atomic mass is 10.00. The number of anilines is 2. The summed E-state index contributed by atoms with van der Waals surface area (Å²) in [5.41, 5.74) is 11.0. The molecule has 1 aliphatic rings. The van der Waals surface area contributed by atoms with Crippen LogP contribution < -0.4 is 21.4 Å². The first-order chi connectivity index (χ1) is 17.6. The van der Waals surface area contributed by atoms with Crippen molar-refractivity contribution < 1.29 is 19.1 Å². The molecule has 4 N–H and O–H groups in total. The average molecular weight is 498 g/mol. The molecule has 0 saturated heterocycles. The molecule has 1 unspecified atom stereocenters. The number of fused-ring (bicyclic) bond motifs is 2. The number of hydrogen-bond donors (Lipinski definition) is 3. The number of aromatic carboxylic acids is 1. The third kappa shape index (κ3) is 4.31. The maximum absolute atomic E-state index is 13.5. The van der Waals surface area contributed by atoms with Gasteiger partial charge >= 0.3 is 5.97 Å². The molecule has 0 bridgehead atoms. The summed E-state index contributed by atoms with van der Waals surface area (Å²) in [6.07, 6.45) is 0. The standard InChI is InChI=1S/C29H27N3O5/c1-15-10-22(17(3)31-24-7-5-4-6-21(24)29(35)36)26-23(11-15)25(33)16(2)28(37-26)32-13-19-9-8-18(27(30)34)12-20(19)14-32/h4-12,17,31H,13-14H2,1-3H3,(H2,30,34)(H,35,36). The van der Waals surface area contributed by atoms with Crippen LogP contribution in [-0.4, -0.2) is 17.0 Å². The SMILES string of the molecule is Cc1cc(C(C)Nc2ccccc2C(=O)O)c2oc(N3Cc4ccc(C(N)=O)cc4C3)c(C)c(=O)c2c1. The molecule has 1 amide bonds. The smallest absolute Gasteiger partial charge is 0.337 e. The van der Waals surface area contributed by atoms with Gasteiger partial charge in [-0.25, -0.2) is 4.79 Å². The number of benzene rings is 3. The van der Waals surface area contributed by atoms with Gasteiger partial charge < -0.3 is 25.5 Å². The van der Waals surface area contributed by atoms with Crippen LogP contribution in [0.5, 0.6) is 0 Å². The van der Waals surface area contributed by atoms with Gasteiger partial charge in [0.2, 0.25) is 11.8 Å². The summed E-state index contributed by atoms with van der Waals surface area (Å²) in [6, 6.07) is 15.5. The zero-order chi connectivity index (χ0) is 26.4. The molecule has 0 aliphatic carbocycles. The lowest BCUT2D eigenvalue weighted by Gasteiger charge is -2.22.